The third kappa shape index (κ3) is 1.97. The van der Waals surface area contributed by atoms with Crippen LogP contribution in [0.15, 0.2) is 18.2 Å². The van der Waals surface area contributed by atoms with Gasteiger partial charge in [-0.3, -0.25) is 9.59 Å². The first kappa shape index (κ1) is 13.1. The Labute approximate surface area is 116 Å². The summed E-state index contributed by atoms with van der Waals surface area (Å²) in [4.78, 5) is 26.0. The Hall–Kier alpha value is -1.91. The van der Waals surface area contributed by atoms with E-state index in [4.69, 9.17) is 5.73 Å². The molecule has 2 N–H and O–H groups in total. The van der Waals surface area contributed by atoms with Crippen LogP contribution in [0, 0.1) is 11.2 Å². The van der Waals surface area contributed by atoms with Crippen molar-refractivity contribution in [2.45, 2.75) is 38.5 Å². The Bertz CT molecular complexity index is 559. The maximum Gasteiger partial charge on any atom is 0.240 e. The lowest BCUT2D eigenvalue weighted by atomic mass is 9.73. The molecule has 2 fully saturated rings. The Morgan fingerprint density at radius 1 is 1.10 bits per heavy atom. The van der Waals surface area contributed by atoms with Crippen molar-refractivity contribution in [1.82, 2.24) is 0 Å². The lowest BCUT2D eigenvalue weighted by Gasteiger charge is -2.30. The van der Waals surface area contributed by atoms with Crippen molar-refractivity contribution in [3.63, 3.8) is 0 Å². The summed E-state index contributed by atoms with van der Waals surface area (Å²) in [6.45, 7) is 0. The molecule has 20 heavy (non-hydrogen) atoms. The lowest BCUT2D eigenvalue weighted by Crippen LogP contribution is -2.37. The average Bonchev–Trinajstić information content (AvgIpc) is 2.60. The molecule has 0 radical (unpaired) electrons. The number of rotatable bonds is 1. The number of nitrogen functional groups attached to an aromatic ring is 1. The molecular weight excluding hydrogens is 259 g/mol. The van der Waals surface area contributed by atoms with Gasteiger partial charge in [0.15, 0.2) is 0 Å². The average molecular weight is 276 g/mol. The summed E-state index contributed by atoms with van der Waals surface area (Å²) in [5.41, 5.74) is 5.50. The molecular formula is C15H17FN2O2. The summed E-state index contributed by atoms with van der Waals surface area (Å²) in [6.07, 6.45) is 4.78. The molecule has 5 heteroatoms. The highest BCUT2D eigenvalue weighted by Gasteiger charge is 2.52. The Morgan fingerprint density at radius 2 is 1.80 bits per heavy atom. The van der Waals surface area contributed by atoms with E-state index in [-0.39, 0.29) is 29.6 Å². The van der Waals surface area contributed by atoms with Crippen molar-refractivity contribution in [3.05, 3.63) is 24.0 Å². The molecule has 1 aromatic carbocycles. The van der Waals surface area contributed by atoms with Gasteiger partial charge in [0.1, 0.15) is 5.82 Å². The van der Waals surface area contributed by atoms with Crippen LogP contribution >= 0.6 is 0 Å². The first-order valence-corrected chi connectivity index (χ1v) is 6.95. The van der Waals surface area contributed by atoms with E-state index in [1.165, 1.54) is 18.2 Å². The number of amides is 2. The highest BCUT2D eigenvalue weighted by atomic mass is 19.1. The lowest BCUT2D eigenvalue weighted by molar-refractivity contribution is -0.127. The standard InChI is InChI=1S/C15H17FN2O2/c16-10-6-11(17)8-12(7-10)18-13(19)9-15(14(18)20)4-2-1-3-5-15/h6-8H,1-5,9,17H2. The second-order valence-corrected chi connectivity index (χ2v) is 5.79. The molecule has 3 rings (SSSR count). The summed E-state index contributed by atoms with van der Waals surface area (Å²) in [6, 6.07) is 3.83. The largest absolute Gasteiger partial charge is 0.399 e. The van der Waals surface area contributed by atoms with E-state index in [1.807, 2.05) is 0 Å². The van der Waals surface area contributed by atoms with Crippen LogP contribution in [0.2, 0.25) is 0 Å². The van der Waals surface area contributed by atoms with Crippen LogP contribution in [0.25, 0.3) is 0 Å². The summed E-state index contributed by atoms with van der Waals surface area (Å²) in [7, 11) is 0. The van der Waals surface area contributed by atoms with Gasteiger partial charge in [0.2, 0.25) is 11.8 Å². The zero-order chi connectivity index (χ0) is 14.3. The first-order chi connectivity index (χ1) is 9.52. The number of halogens is 1. The molecule has 4 nitrogen and oxygen atoms in total. The fourth-order valence-corrected chi connectivity index (χ4v) is 3.40. The number of benzene rings is 1. The van der Waals surface area contributed by atoms with Crippen molar-refractivity contribution in [2.24, 2.45) is 5.41 Å². The third-order valence-corrected chi connectivity index (χ3v) is 4.37. The zero-order valence-electron chi connectivity index (χ0n) is 11.2. The van der Waals surface area contributed by atoms with Gasteiger partial charge < -0.3 is 5.73 Å². The number of nitrogens with two attached hydrogens (primary N) is 1. The van der Waals surface area contributed by atoms with Gasteiger partial charge in [-0.1, -0.05) is 19.3 Å². The van der Waals surface area contributed by atoms with Gasteiger partial charge in [0, 0.05) is 12.1 Å². The quantitative estimate of drug-likeness (QED) is 0.633. The van der Waals surface area contributed by atoms with Crippen molar-refractivity contribution in [3.8, 4) is 0 Å². The molecule has 1 saturated carbocycles. The normalized spacial score (nSPS) is 21.8. The van der Waals surface area contributed by atoms with Gasteiger partial charge in [-0.15, -0.1) is 0 Å². The number of hydrogen-bond donors (Lipinski definition) is 1. The molecule has 0 atom stereocenters. The van der Waals surface area contributed by atoms with Gasteiger partial charge in [-0.25, -0.2) is 9.29 Å². The number of carbonyl (C=O) groups excluding carboxylic acids is 2. The highest BCUT2D eigenvalue weighted by molar-refractivity contribution is 6.22. The highest BCUT2D eigenvalue weighted by Crippen LogP contribution is 2.46. The van der Waals surface area contributed by atoms with Crippen LogP contribution in [0.1, 0.15) is 38.5 Å². The summed E-state index contributed by atoms with van der Waals surface area (Å²) >= 11 is 0. The summed E-state index contributed by atoms with van der Waals surface area (Å²) < 4.78 is 13.4. The summed E-state index contributed by atoms with van der Waals surface area (Å²) in [5.74, 6) is -0.973. The second-order valence-electron chi connectivity index (χ2n) is 5.79. The molecule has 1 heterocycles. The van der Waals surface area contributed by atoms with E-state index in [0.717, 1.165) is 37.0 Å². The number of imide groups is 1. The summed E-state index contributed by atoms with van der Waals surface area (Å²) in [5, 5.41) is 0. The minimum atomic E-state index is -0.559. The fourth-order valence-electron chi connectivity index (χ4n) is 3.40. The number of hydrogen-bond acceptors (Lipinski definition) is 3. The molecule has 0 bridgehead atoms. The van der Waals surface area contributed by atoms with Crippen molar-refractivity contribution < 1.29 is 14.0 Å². The Kier molecular flexibility index (Phi) is 3.00. The fraction of sp³-hybridized carbons (Fsp3) is 0.467. The van der Waals surface area contributed by atoms with Crippen LogP contribution in [0.3, 0.4) is 0 Å². The Morgan fingerprint density at radius 3 is 2.45 bits per heavy atom. The molecule has 1 aliphatic carbocycles. The van der Waals surface area contributed by atoms with Crippen LogP contribution in [0.5, 0.6) is 0 Å². The second kappa shape index (κ2) is 4.58. The van der Waals surface area contributed by atoms with Gasteiger partial charge in [0.25, 0.3) is 0 Å². The number of nitrogens with zero attached hydrogens (tertiary/aromatic N) is 1. The molecule has 106 valence electrons. The predicted molar refractivity (Wildman–Crippen MR) is 73.4 cm³/mol. The first-order valence-electron chi connectivity index (χ1n) is 6.95. The Balaban J connectivity index is 1.98. The van der Waals surface area contributed by atoms with E-state index < -0.39 is 11.2 Å². The van der Waals surface area contributed by atoms with Crippen LogP contribution in [-0.2, 0) is 9.59 Å². The monoisotopic (exact) mass is 276 g/mol. The van der Waals surface area contributed by atoms with E-state index in [9.17, 15) is 14.0 Å². The van der Waals surface area contributed by atoms with E-state index in [1.54, 1.807) is 0 Å². The smallest absolute Gasteiger partial charge is 0.240 e. The SMILES string of the molecule is Nc1cc(F)cc(N2C(=O)CC3(CCCCC3)C2=O)c1. The zero-order valence-corrected chi connectivity index (χ0v) is 11.2. The van der Waals surface area contributed by atoms with Crippen LogP contribution in [0.4, 0.5) is 15.8 Å². The molecule has 2 aliphatic rings. The van der Waals surface area contributed by atoms with E-state index in [0.29, 0.717) is 0 Å². The number of carbonyl (C=O) groups is 2. The molecule has 2 amide bonds. The van der Waals surface area contributed by atoms with E-state index in [2.05, 4.69) is 0 Å². The van der Waals surface area contributed by atoms with E-state index >= 15 is 0 Å². The van der Waals surface area contributed by atoms with Crippen molar-refractivity contribution >= 4 is 23.2 Å². The minimum absolute atomic E-state index is 0.188. The topological polar surface area (TPSA) is 63.4 Å². The maximum absolute atomic E-state index is 13.4. The van der Waals surface area contributed by atoms with Crippen LogP contribution in [-0.4, -0.2) is 11.8 Å². The molecule has 1 spiro atoms. The predicted octanol–water partition coefficient (Wildman–Crippen LogP) is 2.62. The van der Waals surface area contributed by atoms with Gasteiger partial charge >= 0.3 is 0 Å². The van der Waals surface area contributed by atoms with Gasteiger partial charge in [-0.2, -0.15) is 0 Å². The molecule has 1 aromatic rings. The third-order valence-electron chi connectivity index (χ3n) is 4.37. The van der Waals surface area contributed by atoms with Crippen molar-refractivity contribution in [1.29, 1.82) is 0 Å². The van der Waals surface area contributed by atoms with Crippen molar-refractivity contribution in [2.75, 3.05) is 10.6 Å². The molecule has 1 saturated heterocycles. The minimum Gasteiger partial charge on any atom is -0.399 e. The molecule has 1 aliphatic heterocycles. The van der Waals surface area contributed by atoms with Crippen LogP contribution < -0.4 is 10.6 Å². The molecule has 0 unspecified atom stereocenters. The van der Waals surface area contributed by atoms with Gasteiger partial charge in [0.05, 0.1) is 11.1 Å². The molecule has 0 aromatic heterocycles. The number of anilines is 2. The van der Waals surface area contributed by atoms with Gasteiger partial charge in [-0.05, 0) is 31.0 Å². The maximum atomic E-state index is 13.4.